The van der Waals surface area contributed by atoms with Gasteiger partial charge in [-0.25, -0.2) is 0 Å². The number of aromatic nitrogens is 1. The van der Waals surface area contributed by atoms with Crippen LogP contribution in [0, 0.1) is 0 Å². The van der Waals surface area contributed by atoms with Crippen molar-refractivity contribution < 1.29 is 9.47 Å². The zero-order chi connectivity index (χ0) is 16.2. The summed E-state index contributed by atoms with van der Waals surface area (Å²) in [5.41, 5.74) is 2.34. The van der Waals surface area contributed by atoms with Crippen LogP contribution in [-0.4, -0.2) is 41.3 Å². The standard InChI is InChI=1S/C20H24N2O2/c1-2-6-17(7-3-1)15-23-19-14-22(13-18-8-4-10-21-12-18)16-20(19)9-5-11-24-20/h1-4,6-8,10,12,19H,5,9,11,13-16H2/t19-,20-/m0/s1. The molecule has 126 valence electrons. The van der Waals surface area contributed by atoms with Gasteiger partial charge >= 0.3 is 0 Å². The molecule has 2 fully saturated rings. The van der Waals surface area contributed by atoms with Crippen molar-refractivity contribution in [3.8, 4) is 0 Å². The van der Waals surface area contributed by atoms with Crippen LogP contribution >= 0.6 is 0 Å². The van der Waals surface area contributed by atoms with Crippen LogP contribution in [0.2, 0.25) is 0 Å². The molecule has 0 aliphatic carbocycles. The van der Waals surface area contributed by atoms with E-state index in [9.17, 15) is 0 Å². The van der Waals surface area contributed by atoms with Crippen LogP contribution in [0.15, 0.2) is 54.9 Å². The number of likely N-dealkylation sites (tertiary alicyclic amines) is 1. The molecule has 0 radical (unpaired) electrons. The molecule has 2 aliphatic heterocycles. The largest absolute Gasteiger partial charge is 0.371 e. The third kappa shape index (κ3) is 3.36. The van der Waals surface area contributed by atoms with Gasteiger partial charge in [0, 0.05) is 38.6 Å². The fourth-order valence-electron chi connectivity index (χ4n) is 3.89. The van der Waals surface area contributed by atoms with Crippen LogP contribution in [0.25, 0.3) is 0 Å². The first-order valence-corrected chi connectivity index (χ1v) is 8.75. The highest BCUT2D eigenvalue weighted by molar-refractivity contribution is 5.14. The average Bonchev–Trinajstić information content (AvgIpc) is 3.22. The van der Waals surface area contributed by atoms with Crippen molar-refractivity contribution in [3.05, 3.63) is 66.0 Å². The van der Waals surface area contributed by atoms with Gasteiger partial charge in [-0.05, 0) is 30.0 Å². The Morgan fingerprint density at radius 2 is 2.04 bits per heavy atom. The highest BCUT2D eigenvalue weighted by atomic mass is 16.6. The van der Waals surface area contributed by atoms with Gasteiger partial charge in [-0.2, -0.15) is 0 Å². The second kappa shape index (κ2) is 7.01. The Hall–Kier alpha value is -1.75. The molecule has 24 heavy (non-hydrogen) atoms. The number of benzene rings is 1. The Balaban J connectivity index is 1.43. The lowest BCUT2D eigenvalue weighted by Gasteiger charge is -2.29. The summed E-state index contributed by atoms with van der Waals surface area (Å²) >= 11 is 0. The van der Waals surface area contributed by atoms with Gasteiger partial charge in [0.1, 0.15) is 11.7 Å². The summed E-state index contributed by atoms with van der Waals surface area (Å²) in [7, 11) is 0. The molecule has 0 bridgehead atoms. The van der Waals surface area contributed by atoms with E-state index >= 15 is 0 Å². The summed E-state index contributed by atoms with van der Waals surface area (Å²) in [6.07, 6.45) is 6.13. The first-order valence-electron chi connectivity index (χ1n) is 8.75. The lowest BCUT2D eigenvalue weighted by atomic mass is 9.96. The molecule has 1 aromatic carbocycles. The van der Waals surface area contributed by atoms with E-state index in [-0.39, 0.29) is 11.7 Å². The quantitative estimate of drug-likeness (QED) is 0.847. The maximum atomic E-state index is 6.31. The Morgan fingerprint density at radius 3 is 2.79 bits per heavy atom. The number of nitrogens with zero attached hydrogens (tertiary/aromatic N) is 2. The van der Waals surface area contributed by atoms with E-state index in [0.29, 0.717) is 6.61 Å². The Kier molecular flexibility index (Phi) is 4.60. The summed E-state index contributed by atoms with van der Waals surface area (Å²) < 4.78 is 12.5. The smallest absolute Gasteiger partial charge is 0.108 e. The summed E-state index contributed by atoms with van der Waals surface area (Å²) in [4.78, 5) is 6.66. The van der Waals surface area contributed by atoms with E-state index in [1.54, 1.807) is 0 Å². The Morgan fingerprint density at radius 1 is 1.17 bits per heavy atom. The lowest BCUT2D eigenvalue weighted by molar-refractivity contribution is -0.0959. The summed E-state index contributed by atoms with van der Waals surface area (Å²) in [6.45, 7) is 4.27. The molecular formula is C20H24N2O2. The molecule has 2 aromatic rings. The predicted molar refractivity (Wildman–Crippen MR) is 92.5 cm³/mol. The maximum absolute atomic E-state index is 6.31. The van der Waals surface area contributed by atoms with Crippen LogP contribution in [-0.2, 0) is 22.6 Å². The first kappa shape index (κ1) is 15.8. The van der Waals surface area contributed by atoms with E-state index in [1.807, 2.05) is 24.5 Å². The number of hydrogen-bond acceptors (Lipinski definition) is 4. The minimum atomic E-state index is -0.128. The molecule has 2 atom stereocenters. The van der Waals surface area contributed by atoms with Gasteiger partial charge in [0.15, 0.2) is 0 Å². The maximum Gasteiger partial charge on any atom is 0.108 e. The fraction of sp³-hybridized carbons (Fsp3) is 0.450. The molecule has 4 heteroatoms. The van der Waals surface area contributed by atoms with E-state index in [1.165, 1.54) is 11.1 Å². The molecule has 2 saturated heterocycles. The molecule has 0 amide bonds. The Bertz CT molecular complexity index is 641. The van der Waals surface area contributed by atoms with Crippen molar-refractivity contribution in [2.75, 3.05) is 19.7 Å². The molecular weight excluding hydrogens is 300 g/mol. The normalized spacial score (nSPS) is 27.1. The molecule has 3 heterocycles. The van der Waals surface area contributed by atoms with Gasteiger partial charge in [-0.1, -0.05) is 36.4 Å². The van der Waals surface area contributed by atoms with Crippen LogP contribution < -0.4 is 0 Å². The monoisotopic (exact) mass is 324 g/mol. The summed E-state index contributed by atoms with van der Waals surface area (Å²) in [5, 5.41) is 0. The zero-order valence-electron chi connectivity index (χ0n) is 13.9. The molecule has 0 saturated carbocycles. The molecule has 2 aliphatic rings. The minimum absolute atomic E-state index is 0.128. The minimum Gasteiger partial charge on any atom is -0.371 e. The first-order chi connectivity index (χ1) is 11.8. The number of hydrogen-bond donors (Lipinski definition) is 0. The third-order valence-corrected chi connectivity index (χ3v) is 5.06. The third-order valence-electron chi connectivity index (χ3n) is 5.06. The van der Waals surface area contributed by atoms with Gasteiger partial charge in [0.05, 0.1) is 6.61 Å². The molecule has 1 spiro atoms. The van der Waals surface area contributed by atoms with Gasteiger partial charge in [-0.3, -0.25) is 9.88 Å². The Labute approximate surface area is 143 Å². The number of ether oxygens (including phenoxy) is 2. The second-order valence-corrected chi connectivity index (χ2v) is 6.83. The molecule has 4 rings (SSSR count). The van der Waals surface area contributed by atoms with Crippen LogP contribution in [0.1, 0.15) is 24.0 Å². The predicted octanol–water partition coefficient (Wildman–Crippen LogP) is 3.03. The summed E-state index contributed by atoms with van der Waals surface area (Å²) in [6, 6.07) is 14.5. The number of rotatable bonds is 5. The van der Waals surface area contributed by atoms with Crippen molar-refractivity contribution >= 4 is 0 Å². The topological polar surface area (TPSA) is 34.6 Å². The highest BCUT2D eigenvalue weighted by Gasteiger charge is 2.50. The molecule has 1 aromatic heterocycles. The number of pyridine rings is 1. The molecule has 0 N–H and O–H groups in total. The SMILES string of the molecule is c1ccc(CO[C@H]2CN(Cc3cccnc3)C[C@@]23CCCO3)cc1. The van der Waals surface area contributed by atoms with Gasteiger partial charge in [0.2, 0.25) is 0 Å². The second-order valence-electron chi connectivity index (χ2n) is 6.83. The van der Waals surface area contributed by atoms with Crippen molar-refractivity contribution in [3.63, 3.8) is 0 Å². The van der Waals surface area contributed by atoms with Crippen LogP contribution in [0.4, 0.5) is 0 Å². The van der Waals surface area contributed by atoms with E-state index in [0.717, 1.165) is 39.1 Å². The van der Waals surface area contributed by atoms with Gasteiger partial charge in [0.25, 0.3) is 0 Å². The van der Waals surface area contributed by atoms with E-state index in [2.05, 4.69) is 40.2 Å². The lowest BCUT2D eigenvalue weighted by Crippen LogP contribution is -2.42. The van der Waals surface area contributed by atoms with Gasteiger partial charge in [-0.15, -0.1) is 0 Å². The van der Waals surface area contributed by atoms with Crippen molar-refractivity contribution in [1.82, 2.24) is 9.88 Å². The van der Waals surface area contributed by atoms with E-state index < -0.39 is 0 Å². The molecule has 4 nitrogen and oxygen atoms in total. The van der Waals surface area contributed by atoms with Gasteiger partial charge < -0.3 is 9.47 Å². The molecule has 0 unspecified atom stereocenters. The average molecular weight is 324 g/mol. The van der Waals surface area contributed by atoms with Crippen LogP contribution in [0.3, 0.4) is 0 Å². The summed E-state index contributed by atoms with van der Waals surface area (Å²) in [5.74, 6) is 0. The van der Waals surface area contributed by atoms with Crippen LogP contribution in [0.5, 0.6) is 0 Å². The van der Waals surface area contributed by atoms with Crippen molar-refractivity contribution in [1.29, 1.82) is 0 Å². The fourth-order valence-corrected chi connectivity index (χ4v) is 3.89. The zero-order valence-corrected chi connectivity index (χ0v) is 13.9. The highest BCUT2D eigenvalue weighted by Crippen LogP contribution is 2.37. The van der Waals surface area contributed by atoms with Crippen molar-refractivity contribution in [2.45, 2.75) is 37.7 Å². The van der Waals surface area contributed by atoms with E-state index in [4.69, 9.17) is 9.47 Å². The van der Waals surface area contributed by atoms with Crippen molar-refractivity contribution in [2.24, 2.45) is 0 Å².